The quantitative estimate of drug-likeness (QED) is 0.390. The molecule has 0 atom stereocenters. The van der Waals surface area contributed by atoms with Crippen molar-refractivity contribution in [1.29, 1.82) is 0 Å². The average Bonchev–Trinajstić information content (AvgIpc) is 2.54. The van der Waals surface area contributed by atoms with Crippen LogP contribution in [0.1, 0.15) is 26.3 Å². The van der Waals surface area contributed by atoms with Crippen LogP contribution in [-0.2, 0) is 6.42 Å². The van der Waals surface area contributed by atoms with Gasteiger partial charge in [0.25, 0.3) is 0 Å². The number of aromatic hydroxyl groups is 1. The van der Waals surface area contributed by atoms with Crippen LogP contribution in [0.25, 0.3) is 0 Å². The Morgan fingerprint density at radius 3 is 2.56 bits per heavy atom. The topological polar surface area (TPSA) is 51.1 Å². The summed E-state index contributed by atoms with van der Waals surface area (Å²) >= 11 is 0. The van der Waals surface area contributed by atoms with E-state index in [1.165, 1.54) is 6.54 Å². The fourth-order valence-corrected chi connectivity index (χ4v) is 3.09. The van der Waals surface area contributed by atoms with Gasteiger partial charge in [0.05, 0.1) is 0 Å². The van der Waals surface area contributed by atoms with Crippen molar-refractivity contribution < 1.29 is 5.11 Å². The summed E-state index contributed by atoms with van der Waals surface area (Å²) in [7, 11) is 0. The second-order valence-electron chi connectivity index (χ2n) is 6.84. The molecule has 0 amide bonds. The Hall–Kier alpha value is -1.02. The summed E-state index contributed by atoms with van der Waals surface area (Å²) < 4.78 is 0. The maximum atomic E-state index is 9.54. The van der Waals surface area contributed by atoms with E-state index in [1.807, 2.05) is 18.2 Å². The lowest BCUT2D eigenvalue weighted by Gasteiger charge is -2.37. The van der Waals surface area contributed by atoms with E-state index in [1.54, 1.807) is 6.07 Å². The monoisotopic (exact) mass is 460 g/mol. The van der Waals surface area contributed by atoms with Gasteiger partial charge in [0.2, 0.25) is 0 Å². The van der Waals surface area contributed by atoms with Gasteiger partial charge >= 0.3 is 0 Å². The molecule has 142 valence electrons. The highest BCUT2D eigenvalue weighted by molar-refractivity contribution is 14.0. The van der Waals surface area contributed by atoms with E-state index in [-0.39, 0.29) is 24.0 Å². The lowest BCUT2D eigenvalue weighted by Crippen LogP contribution is -2.53. The highest BCUT2D eigenvalue weighted by atomic mass is 127. The molecule has 0 unspecified atom stereocenters. The lowest BCUT2D eigenvalue weighted by atomic mass is 10.1. The fraction of sp³-hybridized carbons (Fsp3) is 0.632. The molecule has 1 aromatic rings. The summed E-state index contributed by atoms with van der Waals surface area (Å²) in [5, 5.41) is 12.9. The van der Waals surface area contributed by atoms with Gasteiger partial charge in [-0.25, -0.2) is 0 Å². The zero-order chi connectivity index (χ0) is 17.4. The molecule has 0 bridgehead atoms. The third kappa shape index (κ3) is 7.81. The van der Waals surface area contributed by atoms with Crippen LogP contribution in [0.15, 0.2) is 29.3 Å². The Morgan fingerprint density at radius 2 is 1.96 bits per heavy atom. The number of phenolic OH excluding ortho intramolecular Hbond substituents is 1. The van der Waals surface area contributed by atoms with Crippen LogP contribution in [0.5, 0.6) is 5.75 Å². The molecule has 0 spiro atoms. The van der Waals surface area contributed by atoms with Gasteiger partial charge in [-0.05, 0) is 37.0 Å². The number of piperazine rings is 1. The molecule has 2 rings (SSSR count). The number of hydrogen-bond acceptors (Lipinski definition) is 3. The molecule has 1 aliphatic rings. The fourth-order valence-electron chi connectivity index (χ4n) is 3.09. The van der Waals surface area contributed by atoms with Gasteiger partial charge in [0.1, 0.15) is 5.75 Å². The first-order chi connectivity index (χ1) is 11.6. The van der Waals surface area contributed by atoms with Gasteiger partial charge in [0.15, 0.2) is 5.96 Å². The van der Waals surface area contributed by atoms with E-state index in [2.05, 4.69) is 35.9 Å². The predicted octanol–water partition coefficient (Wildman–Crippen LogP) is 2.79. The van der Waals surface area contributed by atoms with Gasteiger partial charge in [-0.1, -0.05) is 26.0 Å². The first kappa shape index (κ1) is 22.0. The number of hydrogen-bond donors (Lipinski definition) is 2. The molecular weight excluding hydrogens is 427 g/mol. The van der Waals surface area contributed by atoms with Crippen molar-refractivity contribution in [2.24, 2.45) is 10.9 Å². The second-order valence-corrected chi connectivity index (χ2v) is 6.84. The molecule has 6 heteroatoms. The molecule has 1 aliphatic heterocycles. The van der Waals surface area contributed by atoms with E-state index >= 15 is 0 Å². The predicted molar refractivity (Wildman–Crippen MR) is 116 cm³/mol. The highest BCUT2D eigenvalue weighted by Crippen LogP contribution is 2.11. The lowest BCUT2D eigenvalue weighted by molar-refractivity contribution is 0.164. The molecule has 1 aromatic carbocycles. The zero-order valence-corrected chi connectivity index (χ0v) is 18.1. The van der Waals surface area contributed by atoms with Gasteiger partial charge in [-0.3, -0.25) is 9.89 Å². The van der Waals surface area contributed by atoms with Crippen LogP contribution >= 0.6 is 24.0 Å². The van der Waals surface area contributed by atoms with Gasteiger partial charge in [-0.2, -0.15) is 0 Å². The molecule has 5 nitrogen and oxygen atoms in total. The maximum absolute atomic E-state index is 9.54. The van der Waals surface area contributed by atoms with Crippen molar-refractivity contribution in [3.8, 4) is 5.75 Å². The van der Waals surface area contributed by atoms with Crippen LogP contribution in [0.4, 0.5) is 0 Å². The molecule has 1 saturated heterocycles. The molecule has 1 heterocycles. The third-order valence-electron chi connectivity index (χ3n) is 4.20. The number of benzene rings is 1. The van der Waals surface area contributed by atoms with Crippen LogP contribution < -0.4 is 5.32 Å². The Balaban J connectivity index is 0.00000312. The van der Waals surface area contributed by atoms with Crippen LogP contribution in [0.3, 0.4) is 0 Å². The summed E-state index contributed by atoms with van der Waals surface area (Å²) in [6.07, 6.45) is 0.844. The van der Waals surface area contributed by atoms with Crippen LogP contribution in [0.2, 0.25) is 0 Å². The normalized spacial score (nSPS) is 16.0. The van der Waals surface area contributed by atoms with E-state index in [0.29, 0.717) is 5.75 Å². The van der Waals surface area contributed by atoms with Gasteiger partial charge in [0, 0.05) is 45.8 Å². The number of rotatable bonds is 6. The SMILES string of the molecule is CCNC(=NCCc1cccc(O)c1)N1CCN(CC(C)C)CC1.I. The minimum absolute atomic E-state index is 0. The molecule has 0 saturated carbocycles. The average molecular weight is 460 g/mol. The van der Waals surface area contributed by atoms with Crippen LogP contribution in [0, 0.1) is 5.92 Å². The zero-order valence-electron chi connectivity index (χ0n) is 15.7. The minimum Gasteiger partial charge on any atom is -0.508 e. The Morgan fingerprint density at radius 1 is 1.24 bits per heavy atom. The Labute approximate surface area is 169 Å². The molecular formula is C19H33IN4O. The van der Waals surface area contributed by atoms with Crippen molar-refractivity contribution >= 4 is 29.9 Å². The smallest absolute Gasteiger partial charge is 0.194 e. The van der Waals surface area contributed by atoms with Crippen molar-refractivity contribution in [3.05, 3.63) is 29.8 Å². The standard InChI is InChI=1S/C19H32N4O.HI/c1-4-20-19(21-9-8-17-6-5-7-18(24)14-17)23-12-10-22(11-13-23)15-16(2)3;/h5-7,14,16,24H,4,8-13,15H2,1-3H3,(H,20,21);1H. The number of guanidine groups is 1. The van der Waals surface area contributed by atoms with Crippen molar-refractivity contribution in [2.45, 2.75) is 27.2 Å². The molecule has 1 fully saturated rings. The van der Waals surface area contributed by atoms with E-state index in [4.69, 9.17) is 4.99 Å². The number of nitrogens with zero attached hydrogens (tertiary/aromatic N) is 3. The van der Waals surface area contributed by atoms with Crippen LogP contribution in [-0.4, -0.2) is 66.7 Å². The molecule has 2 N–H and O–H groups in total. The molecule has 0 aliphatic carbocycles. The van der Waals surface area contributed by atoms with Gasteiger partial charge < -0.3 is 15.3 Å². The molecule has 0 aromatic heterocycles. The van der Waals surface area contributed by atoms with E-state index in [9.17, 15) is 5.11 Å². The van der Waals surface area contributed by atoms with E-state index in [0.717, 1.165) is 63.1 Å². The molecule has 25 heavy (non-hydrogen) atoms. The molecule has 0 radical (unpaired) electrons. The number of nitrogens with one attached hydrogen (secondary N) is 1. The van der Waals surface area contributed by atoms with Crippen molar-refractivity contribution in [3.63, 3.8) is 0 Å². The van der Waals surface area contributed by atoms with E-state index < -0.39 is 0 Å². The van der Waals surface area contributed by atoms with Crippen molar-refractivity contribution in [2.75, 3.05) is 45.8 Å². The minimum atomic E-state index is 0. The highest BCUT2D eigenvalue weighted by Gasteiger charge is 2.19. The number of halogens is 1. The Kier molecular flexibility index (Phi) is 10.2. The summed E-state index contributed by atoms with van der Waals surface area (Å²) in [6.45, 7) is 13.7. The summed E-state index contributed by atoms with van der Waals surface area (Å²) in [5.41, 5.74) is 1.12. The first-order valence-corrected chi connectivity index (χ1v) is 9.12. The van der Waals surface area contributed by atoms with Gasteiger partial charge in [-0.15, -0.1) is 24.0 Å². The largest absolute Gasteiger partial charge is 0.508 e. The second kappa shape index (κ2) is 11.6. The summed E-state index contributed by atoms with van der Waals surface area (Å²) in [5.74, 6) is 2.06. The summed E-state index contributed by atoms with van der Waals surface area (Å²) in [4.78, 5) is 9.68. The first-order valence-electron chi connectivity index (χ1n) is 9.12. The summed E-state index contributed by atoms with van der Waals surface area (Å²) in [6, 6.07) is 7.43. The number of phenols is 1. The maximum Gasteiger partial charge on any atom is 0.194 e. The number of aliphatic imine (C=N–C) groups is 1. The Bertz CT molecular complexity index is 528. The third-order valence-corrected chi connectivity index (χ3v) is 4.20. The van der Waals surface area contributed by atoms with Crippen molar-refractivity contribution in [1.82, 2.24) is 15.1 Å².